The quantitative estimate of drug-likeness (QED) is 0.789. The topological polar surface area (TPSA) is 93.0 Å². The van der Waals surface area contributed by atoms with Gasteiger partial charge in [-0.05, 0) is 48.9 Å². The molecule has 0 bridgehead atoms. The second-order valence-electron chi connectivity index (χ2n) is 6.43. The first-order valence-corrected chi connectivity index (χ1v) is 8.31. The number of amides is 2. The molecule has 2 amide bonds. The van der Waals surface area contributed by atoms with Gasteiger partial charge in [0.25, 0.3) is 0 Å². The van der Waals surface area contributed by atoms with Crippen LogP contribution in [0.2, 0.25) is 0 Å². The molecule has 1 unspecified atom stereocenters. The molecular weight excluding hydrogens is 339 g/mol. The number of aromatic nitrogens is 4. The molecule has 0 aliphatic carbocycles. The largest absolute Gasteiger partial charge is 0.352 e. The lowest BCUT2D eigenvalue weighted by molar-refractivity contribution is -0.137. The van der Waals surface area contributed by atoms with Crippen LogP contribution in [0.15, 0.2) is 24.3 Å². The van der Waals surface area contributed by atoms with Crippen molar-refractivity contribution in [1.82, 2.24) is 30.4 Å². The summed E-state index contributed by atoms with van der Waals surface area (Å²) in [6.07, 6.45) is 0.279. The van der Waals surface area contributed by atoms with E-state index in [1.54, 1.807) is 26.1 Å². The first kappa shape index (κ1) is 19.5. The van der Waals surface area contributed by atoms with Gasteiger partial charge < -0.3 is 10.2 Å². The Hall–Kier alpha value is -2.84. The Morgan fingerprint density at radius 1 is 1.27 bits per heavy atom. The standard InChI is InChI=1S/C17H23FN6O2/c1-11(2)19-16(25)10-23(4)17(26)15(24-12(3)20-21-22-24)9-13-5-7-14(18)8-6-13/h5-8,11,15H,9-10H2,1-4H3,(H,19,25). The van der Waals surface area contributed by atoms with Crippen LogP contribution in [0.1, 0.15) is 31.3 Å². The molecule has 0 fully saturated rings. The second-order valence-corrected chi connectivity index (χ2v) is 6.43. The van der Waals surface area contributed by atoms with Crippen molar-refractivity contribution in [3.05, 3.63) is 41.5 Å². The fraction of sp³-hybridized carbons (Fsp3) is 0.471. The van der Waals surface area contributed by atoms with Crippen LogP contribution >= 0.6 is 0 Å². The summed E-state index contributed by atoms with van der Waals surface area (Å²) in [5.74, 6) is -0.420. The van der Waals surface area contributed by atoms with Gasteiger partial charge in [0.1, 0.15) is 17.7 Å². The Labute approximate surface area is 151 Å². The monoisotopic (exact) mass is 362 g/mol. The van der Waals surface area contributed by atoms with Gasteiger partial charge in [-0.3, -0.25) is 9.59 Å². The number of aryl methyl sites for hydroxylation is 1. The lowest BCUT2D eigenvalue weighted by Crippen LogP contribution is -2.44. The molecule has 1 N–H and O–H groups in total. The minimum atomic E-state index is -0.729. The van der Waals surface area contributed by atoms with E-state index in [-0.39, 0.29) is 36.6 Å². The molecule has 9 heteroatoms. The molecule has 1 aromatic carbocycles. The summed E-state index contributed by atoms with van der Waals surface area (Å²) in [7, 11) is 1.56. The van der Waals surface area contributed by atoms with E-state index in [0.717, 1.165) is 5.56 Å². The van der Waals surface area contributed by atoms with Crippen molar-refractivity contribution >= 4 is 11.8 Å². The lowest BCUT2D eigenvalue weighted by Gasteiger charge is -2.24. The number of carbonyl (C=O) groups is 2. The van der Waals surface area contributed by atoms with E-state index in [0.29, 0.717) is 5.82 Å². The molecule has 1 aromatic heterocycles. The molecule has 140 valence electrons. The summed E-state index contributed by atoms with van der Waals surface area (Å²) >= 11 is 0. The Bertz CT molecular complexity index is 759. The maximum Gasteiger partial charge on any atom is 0.248 e. The predicted molar refractivity (Wildman–Crippen MR) is 92.6 cm³/mol. The number of rotatable bonds is 7. The molecule has 0 radical (unpaired) electrons. The Morgan fingerprint density at radius 3 is 2.46 bits per heavy atom. The highest BCUT2D eigenvalue weighted by molar-refractivity contribution is 5.86. The second kappa shape index (κ2) is 8.50. The summed E-state index contributed by atoms with van der Waals surface area (Å²) in [5.41, 5.74) is 0.764. The number of nitrogens with zero attached hydrogens (tertiary/aromatic N) is 5. The van der Waals surface area contributed by atoms with Crippen LogP contribution in [0.3, 0.4) is 0 Å². The van der Waals surface area contributed by atoms with E-state index < -0.39 is 6.04 Å². The zero-order valence-corrected chi connectivity index (χ0v) is 15.3. The Morgan fingerprint density at radius 2 is 1.92 bits per heavy atom. The van der Waals surface area contributed by atoms with Crippen molar-refractivity contribution in [2.24, 2.45) is 0 Å². The third-order valence-corrected chi connectivity index (χ3v) is 3.79. The predicted octanol–water partition coefficient (Wildman–Crippen LogP) is 0.887. The van der Waals surface area contributed by atoms with Crippen LogP contribution in [-0.2, 0) is 16.0 Å². The van der Waals surface area contributed by atoms with Crippen molar-refractivity contribution < 1.29 is 14.0 Å². The number of tetrazole rings is 1. The SMILES string of the molecule is Cc1nnnn1C(Cc1ccc(F)cc1)C(=O)N(C)CC(=O)NC(C)C. The molecule has 0 aliphatic heterocycles. The number of benzene rings is 1. The minimum absolute atomic E-state index is 0.0113. The summed E-state index contributed by atoms with van der Waals surface area (Å²) in [5, 5.41) is 14.1. The third kappa shape index (κ3) is 5.08. The van der Waals surface area contributed by atoms with Crippen LogP contribution in [0.4, 0.5) is 4.39 Å². The zero-order chi connectivity index (χ0) is 19.3. The number of nitrogens with one attached hydrogen (secondary N) is 1. The fourth-order valence-electron chi connectivity index (χ4n) is 2.56. The highest BCUT2D eigenvalue weighted by Crippen LogP contribution is 2.17. The van der Waals surface area contributed by atoms with Gasteiger partial charge in [-0.2, -0.15) is 0 Å². The van der Waals surface area contributed by atoms with Crippen LogP contribution in [0.5, 0.6) is 0 Å². The van der Waals surface area contributed by atoms with Crippen molar-refractivity contribution in [1.29, 1.82) is 0 Å². The molecule has 2 aromatic rings. The number of carbonyl (C=O) groups excluding carboxylic acids is 2. The normalized spacial score (nSPS) is 12.1. The average Bonchev–Trinajstić information content (AvgIpc) is 2.98. The molecule has 0 saturated heterocycles. The third-order valence-electron chi connectivity index (χ3n) is 3.79. The molecule has 0 aliphatic rings. The fourth-order valence-corrected chi connectivity index (χ4v) is 2.56. The van der Waals surface area contributed by atoms with Gasteiger partial charge in [-0.1, -0.05) is 12.1 Å². The van der Waals surface area contributed by atoms with Crippen molar-refractivity contribution in [3.63, 3.8) is 0 Å². The Kier molecular flexibility index (Phi) is 6.37. The van der Waals surface area contributed by atoms with Gasteiger partial charge in [0.05, 0.1) is 6.54 Å². The van der Waals surface area contributed by atoms with E-state index >= 15 is 0 Å². The molecule has 8 nitrogen and oxygen atoms in total. The van der Waals surface area contributed by atoms with Crippen molar-refractivity contribution in [2.45, 2.75) is 39.3 Å². The maximum atomic E-state index is 13.1. The van der Waals surface area contributed by atoms with Gasteiger partial charge >= 0.3 is 0 Å². The van der Waals surface area contributed by atoms with Gasteiger partial charge in [0.15, 0.2) is 0 Å². The summed E-state index contributed by atoms with van der Waals surface area (Å²) in [6, 6.07) is 5.16. The Balaban J connectivity index is 2.20. The van der Waals surface area contributed by atoms with Gasteiger partial charge in [-0.15, -0.1) is 5.10 Å². The molecule has 26 heavy (non-hydrogen) atoms. The number of hydrogen-bond acceptors (Lipinski definition) is 5. The first-order valence-electron chi connectivity index (χ1n) is 8.31. The molecule has 2 rings (SSSR count). The highest BCUT2D eigenvalue weighted by Gasteiger charge is 2.28. The van der Waals surface area contributed by atoms with E-state index in [4.69, 9.17) is 0 Å². The van der Waals surface area contributed by atoms with Crippen LogP contribution in [0, 0.1) is 12.7 Å². The van der Waals surface area contributed by atoms with Crippen LogP contribution in [-0.4, -0.2) is 56.6 Å². The van der Waals surface area contributed by atoms with E-state index in [1.165, 1.54) is 21.7 Å². The molecule has 1 heterocycles. The molecule has 0 spiro atoms. The minimum Gasteiger partial charge on any atom is -0.352 e. The van der Waals surface area contributed by atoms with Gasteiger partial charge in [-0.25, -0.2) is 9.07 Å². The van der Waals surface area contributed by atoms with Gasteiger partial charge in [0.2, 0.25) is 11.8 Å². The van der Waals surface area contributed by atoms with Crippen LogP contribution < -0.4 is 5.32 Å². The smallest absolute Gasteiger partial charge is 0.248 e. The van der Waals surface area contributed by atoms with Crippen LogP contribution in [0.25, 0.3) is 0 Å². The molecular formula is C17H23FN6O2. The highest BCUT2D eigenvalue weighted by atomic mass is 19.1. The summed E-state index contributed by atoms with van der Waals surface area (Å²) in [4.78, 5) is 26.2. The van der Waals surface area contributed by atoms with Gasteiger partial charge in [0, 0.05) is 19.5 Å². The van der Waals surface area contributed by atoms with E-state index in [9.17, 15) is 14.0 Å². The molecule has 1 atom stereocenters. The van der Waals surface area contributed by atoms with E-state index in [2.05, 4.69) is 20.8 Å². The summed E-state index contributed by atoms with van der Waals surface area (Å²) in [6.45, 7) is 5.32. The first-order chi connectivity index (χ1) is 12.3. The lowest BCUT2D eigenvalue weighted by atomic mass is 10.0. The van der Waals surface area contributed by atoms with Crippen molar-refractivity contribution in [3.8, 4) is 0 Å². The molecule has 0 saturated carbocycles. The van der Waals surface area contributed by atoms with Crippen molar-refractivity contribution in [2.75, 3.05) is 13.6 Å². The maximum absolute atomic E-state index is 13.1. The average molecular weight is 362 g/mol. The zero-order valence-electron chi connectivity index (χ0n) is 15.3. The number of halogens is 1. The summed E-state index contributed by atoms with van der Waals surface area (Å²) < 4.78 is 14.6. The number of likely N-dealkylation sites (N-methyl/N-ethyl adjacent to an activating group) is 1. The van der Waals surface area contributed by atoms with E-state index in [1.807, 2.05) is 13.8 Å². The number of hydrogen-bond donors (Lipinski definition) is 1.